The van der Waals surface area contributed by atoms with Gasteiger partial charge in [-0.15, -0.1) is 0 Å². The second-order valence-corrected chi connectivity index (χ2v) is 6.13. The van der Waals surface area contributed by atoms with Gasteiger partial charge in [-0.25, -0.2) is 4.79 Å². The second kappa shape index (κ2) is 7.44. The Balaban J connectivity index is 2.20. The molecule has 6 nitrogen and oxygen atoms in total. The van der Waals surface area contributed by atoms with Crippen molar-refractivity contribution in [3.05, 3.63) is 73.3 Å². The Bertz CT molecular complexity index is 853. The highest BCUT2D eigenvalue weighted by molar-refractivity contribution is 6.31. The molecule has 0 bridgehead atoms. The van der Waals surface area contributed by atoms with E-state index < -0.39 is 23.2 Å². The van der Waals surface area contributed by atoms with Crippen molar-refractivity contribution in [2.75, 3.05) is 6.61 Å². The van der Waals surface area contributed by atoms with Gasteiger partial charge in [0.15, 0.2) is 6.61 Å². The summed E-state index contributed by atoms with van der Waals surface area (Å²) in [6, 6.07) is 7.30. The molecular formula is C18H16ClNO5. The number of rotatable bonds is 5. The van der Waals surface area contributed by atoms with Crippen molar-refractivity contribution in [1.82, 2.24) is 0 Å². The number of ketones is 1. The maximum absolute atomic E-state index is 12.4. The first kappa shape index (κ1) is 18.6. The summed E-state index contributed by atoms with van der Waals surface area (Å²) in [5, 5.41) is 11.2. The predicted molar refractivity (Wildman–Crippen MR) is 93.4 cm³/mol. The van der Waals surface area contributed by atoms with Crippen LogP contribution in [0.2, 0.25) is 5.02 Å². The van der Waals surface area contributed by atoms with Crippen LogP contribution in [0.15, 0.2) is 30.3 Å². The van der Waals surface area contributed by atoms with Crippen molar-refractivity contribution < 1.29 is 19.2 Å². The minimum Gasteiger partial charge on any atom is -0.454 e. The second-order valence-electron chi connectivity index (χ2n) is 5.69. The molecule has 0 N–H and O–H groups in total. The molecule has 0 fully saturated rings. The molecule has 0 aromatic heterocycles. The third-order valence-corrected chi connectivity index (χ3v) is 3.90. The van der Waals surface area contributed by atoms with E-state index in [1.807, 2.05) is 19.1 Å². The summed E-state index contributed by atoms with van der Waals surface area (Å²) in [7, 11) is 0. The topological polar surface area (TPSA) is 86.5 Å². The number of aryl methyl sites for hydroxylation is 3. The maximum Gasteiger partial charge on any atom is 0.345 e. The highest BCUT2D eigenvalue weighted by Gasteiger charge is 2.23. The molecule has 0 heterocycles. The Hall–Kier alpha value is -2.73. The molecule has 0 amide bonds. The average molecular weight is 362 g/mol. The largest absolute Gasteiger partial charge is 0.454 e. The van der Waals surface area contributed by atoms with Gasteiger partial charge in [-0.2, -0.15) is 0 Å². The van der Waals surface area contributed by atoms with Crippen molar-refractivity contribution in [2.24, 2.45) is 0 Å². The lowest BCUT2D eigenvalue weighted by molar-refractivity contribution is -0.385. The zero-order chi connectivity index (χ0) is 18.7. The summed E-state index contributed by atoms with van der Waals surface area (Å²) in [5.74, 6) is -1.34. The van der Waals surface area contributed by atoms with Crippen LogP contribution in [0, 0.1) is 30.9 Å². The summed E-state index contributed by atoms with van der Waals surface area (Å²) in [6.45, 7) is 5.02. The Morgan fingerprint density at radius 3 is 2.28 bits per heavy atom. The fourth-order valence-corrected chi connectivity index (χ4v) is 2.90. The lowest BCUT2D eigenvalue weighted by Gasteiger charge is -2.11. The van der Waals surface area contributed by atoms with Crippen LogP contribution in [0.5, 0.6) is 0 Å². The number of nitro benzene ring substituents is 1. The first-order chi connectivity index (χ1) is 11.7. The number of carbonyl (C=O) groups excluding carboxylic acids is 2. The number of hydrogen-bond donors (Lipinski definition) is 0. The van der Waals surface area contributed by atoms with E-state index in [-0.39, 0.29) is 16.4 Å². The lowest BCUT2D eigenvalue weighted by Crippen LogP contribution is -2.17. The van der Waals surface area contributed by atoms with Crippen LogP contribution in [0.3, 0.4) is 0 Å². The van der Waals surface area contributed by atoms with Gasteiger partial charge in [0.2, 0.25) is 5.78 Å². The van der Waals surface area contributed by atoms with Gasteiger partial charge in [0.05, 0.1) is 4.92 Å². The van der Waals surface area contributed by atoms with E-state index in [0.29, 0.717) is 5.56 Å². The van der Waals surface area contributed by atoms with E-state index in [1.165, 1.54) is 6.07 Å². The number of hydrogen-bond acceptors (Lipinski definition) is 5. The van der Waals surface area contributed by atoms with Crippen LogP contribution in [-0.4, -0.2) is 23.3 Å². The van der Waals surface area contributed by atoms with Gasteiger partial charge in [-0.3, -0.25) is 14.9 Å². The molecule has 0 atom stereocenters. The minimum absolute atomic E-state index is 0.161. The SMILES string of the molecule is Cc1cc(C)c(C(=O)COC(=O)c2cc(Cl)ccc2[N+](=O)[O-])c(C)c1. The van der Waals surface area contributed by atoms with Crippen molar-refractivity contribution in [1.29, 1.82) is 0 Å². The van der Waals surface area contributed by atoms with E-state index in [4.69, 9.17) is 16.3 Å². The molecule has 2 aromatic carbocycles. The van der Waals surface area contributed by atoms with Crippen LogP contribution in [0.1, 0.15) is 37.4 Å². The van der Waals surface area contributed by atoms with Gasteiger partial charge < -0.3 is 4.74 Å². The smallest absolute Gasteiger partial charge is 0.345 e. The number of nitrogens with zero attached hydrogens (tertiary/aromatic N) is 1. The van der Waals surface area contributed by atoms with Crippen molar-refractivity contribution in [3.63, 3.8) is 0 Å². The van der Waals surface area contributed by atoms with E-state index in [2.05, 4.69) is 0 Å². The lowest BCUT2D eigenvalue weighted by atomic mass is 9.97. The third-order valence-electron chi connectivity index (χ3n) is 3.67. The van der Waals surface area contributed by atoms with E-state index in [1.54, 1.807) is 13.8 Å². The van der Waals surface area contributed by atoms with Gasteiger partial charge in [-0.05, 0) is 44.0 Å². The Kier molecular flexibility index (Phi) is 5.54. The normalized spacial score (nSPS) is 10.4. The molecule has 0 aliphatic rings. The molecule has 2 rings (SSSR count). The molecule has 2 aromatic rings. The van der Waals surface area contributed by atoms with Crippen LogP contribution in [0.25, 0.3) is 0 Å². The zero-order valence-corrected chi connectivity index (χ0v) is 14.7. The van der Waals surface area contributed by atoms with Crippen molar-refractivity contribution in [3.8, 4) is 0 Å². The fraction of sp³-hybridized carbons (Fsp3) is 0.222. The fourth-order valence-electron chi connectivity index (χ4n) is 2.73. The van der Waals surface area contributed by atoms with Crippen molar-refractivity contribution in [2.45, 2.75) is 20.8 Å². The molecule has 25 heavy (non-hydrogen) atoms. The predicted octanol–water partition coefficient (Wildman–Crippen LogP) is 4.21. The average Bonchev–Trinajstić information content (AvgIpc) is 2.51. The monoisotopic (exact) mass is 361 g/mol. The van der Waals surface area contributed by atoms with Gasteiger partial charge in [0, 0.05) is 16.7 Å². The summed E-state index contributed by atoms with van der Waals surface area (Å²) >= 11 is 5.78. The summed E-state index contributed by atoms with van der Waals surface area (Å²) < 4.78 is 4.98. The molecule has 7 heteroatoms. The van der Waals surface area contributed by atoms with Gasteiger partial charge in [0.1, 0.15) is 5.56 Å². The van der Waals surface area contributed by atoms with Crippen LogP contribution in [0.4, 0.5) is 5.69 Å². The first-order valence-electron chi connectivity index (χ1n) is 7.43. The van der Waals surface area contributed by atoms with Crippen LogP contribution < -0.4 is 0 Å². The zero-order valence-electron chi connectivity index (χ0n) is 14.0. The number of ether oxygens (including phenoxy) is 1. The molecule has 0 aliphatic carbocycles. The third kappa shape index (κ3) is 4.22. The Labute approximate surface area is 149 Å². The van der Waals surface area contributed by atoms with E-state index in [9.17, 15) is 19.7 Å². The summed E-state index contributed by atoms with van der Waals surface area (Å²) in [4.78, 5) is 34.8. The first-order valence-corrected chi connectivity index (χ1v) is 7.80. The quantitative estimate of drug-likeness (QED) is 0.344. The van der Waals surface area contributed by atoms with Crippen molar-refractivity contribution >= 4 is 29.0 Å². The summed E-state index contributed by atoms with van der Waals surface area (Å²) in [5.41, 5.74) is 2.36. The standard InChI is InChI=1S/C18H16ClNO5/c1-10-6-11(2)17(12(3)7-10)16(21)9-25-18(22)14-8-13(19)4-5-15(14)20(23)24/h4-8H,9H2,1-3H3. The molecule has 0 radical (unpaired) electrons. The number of halogens is 1. The van der Waals surface area contributed by atoms with E-state index in [0.717, 1.165) is 28.8 Å². The minimum atomic E-state index is -0.968. The highest BCUT2D eigenvalue weighted by atomic mass is 35.5. The number of Topliss-reactive ketones (excluding diaryl/α,β-unsaturated/α-hetero) is 1. The summed E-state index contributed by atoms with van der Waals surface area (Å²) in [6.07, 6.45) is 0. The number of nitro groups is 1. The number of esters is 1. The highest BCUT2D eigenvalue weighted by Crippen LogP contribution is 2.24. The molecule has 0 spiro atoms. The van der Waals surface area contributed by atoms with Crippen LogP contribution >= 0.6 is 11.6 Å². The molecule has 0 unspecified atom stereocenters. The molecular weight excluding hydrogens is 346 g/mol. The van der Waals surface area contributed by atoms with Gasteiger partial charge >= 0.3 is 5.97 Å². The Morgan fingerprint density at radius 1 is 1.12 bits per heavy atom. The molecule has 130 valence electrons. The molecule has 0 aliphatic heterocycles. The van der Waals surface area contributed by atoms with Gasteiger partial charge in [0.25, 0.3) is 5.69 Å². The number of carbonyl (C=O) groups is 2. The number of benzene rings is 2. The van der Waals surface area contributed by atoms with Gasteiger partial charge in [-0.1, -0.05) is 29.3 Å². The van der Waals surface area contributed by atoms with E-state index >= 15 is 0 Å². The maximum atomic E-state index is 12.4. The molecule has 0 saturated heterocycles. The Morgan fingerprint density at radius 2 is 1.72 bits per heavy atom. The van der Waals surface area contributed by atoms with Crippen LogP contribution in [-0.2, 0) is 4.74 Å². The molecule has 0 saturated carbocycles.